The molecular weight excluding hydrogens is 879 g/mol. The lowest BCUT2D eigenvalue weighted by Crippen LogP contribution is -2.13. The van der Waals surface area contributed by atoms with E-state index < -0.39 is 0 Å². The first-order chi connectivity index (χ1) is 33.5. The van der Waals surface area contributed by atoms with Gasteiger partial charge in [-0.1, -0.05) is 36.4 Å². The predicted molar refractivity (Wildman–Crippen MR) is 259 cm³/mol. The molecule has 0 aliphatic carbocycles. The van der Waals surface area contributed by atoms with Gasteiger partial charge in [0.25, 0.3) is 0 Å². The maximum atomic E-state index is 11.2. The van der Waals surface area contributed by atoms with E-state index in [1.165, 1.54) is 26.6 Å². The highest BCUT2D eigenvalue weighted by Gasteiger charge is 2.16. The van der Waals surface area contributed by atoms with E-state index in [1.54, 1.807) is 56.8 Å². The number of ether oxygens (including phenoxy) is 12. The number of rotatable bonds is 34. The van der Waals surface area contributed by atoms with Crippen LogP contribution in [0.2, 0.25) is 0 Å². The van der Waals surface area contributed by atoms with Crippen LogP contribution in [0.5, 0.6) is 34.5 Å². The molecule has 0 bridgehead atoms. The average molecular weight is 942 g/mol. The predicted octanol–water partition coefficient (Wildman–Crippen LogP) is 7.50. The fourth-order valence-electron chi connectivity index (χ4n) is 6.39. The molecule has 0 radical (unpaired) electrons. The van der Waals surface area contributed by atoms with Crippen LogP contribution in [0.4, 0.5) is 11.5 Å². The number of benzene rings is 4. The van der Waals surface area contributed by atoms with Crippen molar-refractivity contribution in [3.05, 3.63) is 102 Å². The zero-order valence-corrected chi connectivity index (χ0v) is 39.3. The van der Waals surface area contributed by atoms with Gasteiger partial charge in [0.05, 0.1) is 107 Å². The van der Waals surface area contributed by atoms with E-state index in [1.807, 2.05) is 48.5 Å². The van der Waals surface area contributed by atoms with Gasteiger partial charge < -0.3 is 67.1 Å². The Balaban J connectivity index is 1.23. The van der Waals surface area contributed by atoms with Crippen molar-refractivity contribution in [2.24, 2.45) is 9.98 Å². The smallest absolute Gasteiger partial charge is 0.178 e. The summed E-state index contributed by atoms with van der Waals surface area (Å²) in [4.78, 5) is 13.8. The van der Waals surface area contributed by atoms with Crippen LogP contribution in [0.3, 0.4) is 0 Å². The lowest BCUT2D eigenvalue weighted by atomic mass is 10.0. The molecule has 17 heteroatoms. The van der Waals surface area contributed by atoms with Crippen LogP contribution >= 0.6 is 0 Å². The van der Waals surface area contributed by atoms with Crippen molar-refractivity contribution in [2.75, 3.05) is 134 Å². The standard InChI is InChI=1S/C51H63N3O14/c1-57-16-18-61-20-22-63-24-26-65-28-30-67-45-13-7-5-10-42(45)38-32-40(49(55)47(34-38)59-3)36-53-44-12-9-15-52-51(44)54-37-41-33-39(35-48(60-4)50(41)56)43-11-6-8-14-46(43)68-31-29-66-27-25-64-23-21-62-19-17-58-2/h5-15,32-37,55-56H,16-31H2,1-4H3/b53-36?,54-37+. The first-order valence-electron chi connectivity index (χ1n) is 22.2. The number of nitrogens with zero attached hydrogens (tertiary/aromatic N) is 3. The van der Waals surface area contributed by atoms with Crippen LogP contribution in [0, 0.1) is 0 Å². The SMILES string of the molecule is COCCOCCOCCOCCOc1ccccc1-c1cc(C=Nc2cccnc2/N=C/c2cc(-c3ccccc3OCCOCCOCCOCCOC)cc(OC)c2O)c(O)c(OC)c1. The third-order valence-electron chi connectivity index (χ3n) is 9.80. The first kappa shape index (κ1) is 52.8. The van der Waals surface area contributed by atoms with Crippen LogP contribution in [0.1, 0.15) is 11.1 Å². The summed E-state index contributed by atoms with van der Waals surface area (Å²) in [7, 11) is 6.23. The summed E-state index contributed by atoms with van der Waals surface area (Å²) in [6, 6.07) is 25.7. The lowest BCUT2D eigenvalue weighted by Gasteiger charge is -2.15. The van der Waals surface area contributed by atoms with Crippen molar-refractivity contribution in [1.29, 1.82) is 0 Å². The minimum absolute atomic E-state index is 0.101. The summed E-state index contributed by atoms with van der Waals surface area (Å²) in [6.45, 7) is 7.17. The normalized spacial score (nSPS) is 11.5. The van der Waals surface area contributed by atoms with Gasteiger partial charge in [-0.2, -0.15) is 0 Å². The molecule has 17 nitrogen and oxygen atoms in total. The minimum Gasteiger partial charge on any atom is -0.504 e. The van der Waals surface area contributed by atoms with E-state index in [-0.39, 0.29) is 28.8 Å². The molecule has 4 aromatic carbocycles. The lowest BCUT2D eigenvalue weighted by molar-refractivity contribution is 0.000184. The summed E-state index contributed by atoms with van der Waals surface area (Å²) < 4.78 is 66.5. The van der Waals surface area contributed by atoms with Crippen LogP contribution in [-0.4, -0.2) is 162 Å². The maximum absolute atomic E-state index is 11.2. The fraction of sp³-hybridized carbons (Fsp3) is 0.392. The summed E-state index contributed by atoms with van der Waals surface area (Å²) in [5, 5.41) is 22.4. The zero-order chi connectivity index (χ0) is 48.0. The van der Waals surface area contributed by atoms with Crippen molar-refractivity contribution < 1.29 is 67.1 Å². The van der Waals surface area contributed by atoms with Crippen LogP contribution in [0.25, 0.3) is 22.3 Å². The molecule has 0 amide bonds. The summed E-state index contributed by atoms with van der Waals surface area (Å²) in [6.07, 6.45) is 4.60. The summed E-state index contributed by atoms with van der Waals surface area (Å²) >= 11 is 0. The molecule has 2 N–H and O–H groups in total. The van der Waals surface area contributed by atoms with Crippen molar-refractivity contribution in [2.45, 2.75) is 0 Å². The molecule has 0 saturated heterocycles. The van der Waals surface area contributed by atoms with Crippen LogP contribution in [-0.2, 0) is 37.9 Å². The molecule has 0 atom stereocenters. The molecule has 0 aliphatic rings. The fourth-order valence-corrected chi connectivity index (χ4v) is 6.39. The van der Waals surface area contributed by atoms with Gasteiger partial charge in [0.1, 0.15) is 30.4 Å². The molecule has 0 saturated carbocycles. The van der Waals surface area contributed by atoms with Crippen molar-refractivity contribution in [1.82, 2.24) is 4.98 Å². The Labute approximate surface area is 398 Å². The van der Waals surface area contributed by atoms with Gasteiger partial charge in [0, 0.05) is 55.1 Å². The van der Waals surface area contributed by atoms with Crippen LogP contribution < -0.4 is 18.9 Å². The molecule has 0 fully saturated rings. The molecular formula is C51H63N3O14. The highest BCUT2D eigenvalue weighted by atomic mass is 16.6. The Morgan fingerprint density at radius 1 is 0.441 bits per heavy atom. The molecule has 5 rings (SSSR count). The minimum atomic E-state index is -0.108. The number of aliphatic imine (C=N–C) groups is 2. The Morgan fingerprint density at radius 2 is 0.838 bits per heavy atom. The Bertz CT molecular complexity index is 2130. The summed E-state index contributed by atoms with van der Waals surface area (Å²) in [5.41, 5.74) is 4.15. The van der Waals surface area contributed by atoms with E-state index in [2.05, 4.69) is 15.0 Å². The second-order valence-electron chi connectivity index (χ2n) is 14.4. The van der Waals surface area contributed by atoms with Crippen molar-refractivity contribution in [3.8, 4) is 56.8 Å². The largest absolute Gasteiger partial charge is 0.504 e. The molecule has 0 spiro atoms. The highest BCUT2D eigenvalue weighted by molar-refractivity contribution is 5.93. The Morgan fingerprint density at radius 3 is 1.26 bits per heavy atom. The van der Waals surface area contributed by atoms with Gasteiger partial charge in [0.2, 0.25) is 0 Å². The zero-order valence-electron chi connectivity index (χ0n) is 39.3. The van der Waals surface area contributed by atoms with Gasteiger partial charge in [0.15, 0.2) is 28.8 Å². The molecule has 1 aromatic heterocycles. The number of pyridine rings is 1. The van der Waals surface area contributed by atoms with Crippen molar-refractivity contribution >= 4 is 23.9 Å². The molecule has 366 valence electrons. The average Bonchev–Trinajstić information content (AvgIpc) is 3.37. The first-order valence-corrected chi connectivity index (χ1v) is 22.2. The van der Waals surface area contributed by atoms with E-state index in [0.29, 0.717) is 134 Å². The van der Waals surface area contributed by atoms with E-state index in [0.717, 1.165) is 22.3 Å². The molecule has 0 unspecified atom stereocenters. The number of phenolic OH excluding ortho intramolecular Hbond substituents is 2. The third kappa shape index (κ3) is 17.5. The van der Waals surface area contributed by atoms with Crippen molar-refractivity contribution in [3.63, 3.8) is 0 Å². The monoisotopic (exact) mass is 941 g/mol. The number of para-hydroxylation sites is 2. The molecule has 5 aromatic rings. The highest BCUT2D eigenvalue weighted by Crippen LogP contribution is 2.40. The molecule has 68 heavy (non-hydrogen) atoms. The number of aromatic hydroxyl groups is 2. The van der Waals surface area contributed by atoms with Gasteiger partial charge in [-0.25, -0.2) is 9.98 Å². The molecule has 1 heterocycles. The number of aromatic nitrogens is 1. The van der Waals surface area contributed by atoms with Crippen LogP contribution in [0.15, 0.2) is 101 Å². The second-order valence-corrected chi connectivity index (χ2v) is 14.4. The van der Waals surface area contributed by atoms with Gasteiger partial charge >= 0.3 is 0 Å². The number of hydrogen-bond donors (Lipinski definition) is 2. The van der Waals surface area contributed by atoms with E-state index in [4.69, 9.17) is 56.8 Å². The topological polar surface area (TPSA) is 189 Å². The number of phenols is 2. The van der Waals surface area contributed by atoms with E-state index >= 15 is 0 Å². The van der Waals surface area contributed by atoms with Gasteiger partial charge in [-0.15, -0.1) is 0 Å². The summed E-state index contributed by atoms with van der Waals surface area (Å²) in [5.74, 6) is 1.79. The van der Waals surface area contributed by atoms with E-state index in [9.17, 15) is 10.2 Å². The quantitative estimate of drug-likeness (QED) is 0.0305. The Hall–Kier alpha value is -6.15. The van der Waals surface area contributed by atoms with Gasteiger partial charge in [-0.05, 0) is 59.7 Å². The van der Waals surface area contributed by atoms with Gasteiger partial charge in [-0.3, -0.25) is 4.99 Å². The number of hydrogen-bond acceptors (Lipinski definition) is 17. The second kappa shape index (κ2) is 31.0. The Kier molecular flexibility index (Phi) is 24.1. The maximum Gasteiger partial charge on any atom is 0.178 e. The third-order valence-corrected chi connectivity index (χ3v) is 9.80. The number of methoxy groups -OCH3 is 4. The molecule has 0 aliphatic heterocycles.